The van der Waals surface area contributed by atoms with Crippen molar-refractivity contribution in [2.24, 2.45) is 0 Å². The lowest BCUT2D eigenvalue weighted by Gasteiger charge is -2.22. The molecule has 6 nitrogen and oxygen atoms in total. The number of hydrogen-bond donors (Lipinski definition) is 2. The van der Waals surface area contributed by atoms with Crippen LogP contribution in [0.5, 0.6) is 0 Å². The highest BCUT2D eigenvalue weighted by atomic mass is 16.5. The number of aryl methyl sites for hydroxylation is 1. The molecule has 0 unspecified atom stereocenters. The largest absolute Gasteiger partial charge is 0.481 e. The maximum absolute atomic E-state index is 11.9. The number of ether oxygens (including phenoxy) is 2. The normalized spacial score (nSPS) is 15.3. The summed E-state index contributed by atoms with van der Waals surface area (Å²) in [6.45, 7) is 1.84. The van der Waals surface area contributed by atoms with Gasteiger partial charge < -0.3 is 19.9 Å². The van der Waals surface area contributed by atoms with E-state index in [-0.39, 0.29) is 18.4 Å². The molecule has 2 rings (SSSR count). The lowest BCUT2D eigenvalue weighted by Crippen LogP contribution is -2.25. The summed E-state index contributed by atoms with van der Waals surface area (Å²) in [5.41, 5.74) is 1.58. The summed E-state index contributed by atoms with van der Waals surface area (Å²) in [4.78, 5) is 22.5. The summed E-state index contributed by atoms with van der Waals surface area (Å²) in [5.74, 6) is -0.933. The number of benzene rings is 1. The molecule has 1 amide bonds. The maximum atomic E-state index is 11.9. The molecular formula is C17H23NO5. The standard InChI is InChI=1S/C17H23NO5/c19-16(8-11-23-15-6-9-22-10-7-15)18-14-3-1-2-13(12-14)4-5-17(20)21/h1-3,12,15H,4-11H2,(H,18,19)(H,20,21). The lowest BCUT2D eigenvalue weighted by atomic mass is 10.1. The zero-order valence-corrected chi connectivity index (χ0v) is 13.1. The maximum Gasteiger partial charge on any atom is 0.303 e. The van der Waals surface area contributed by atoms with Crippen LogP contribution in [0.2, 0.25) is 0 Å². The Balaban J connectivity index is 1.71. The van der Waals surface area contributed by atoms with Crippen LogP contribution in [-0.4, -0.2) is 42.9 Å². The van der Waals surface area contributed by atoms with E-state index in [4.69, 9.17) is 14.6 Å². The van der Waals surface area contributed by atoms with Crippen molar-refractivity contribution in [3.63, 3.8) is 0 Å². The van der Waals surface area contributed by atoms with Crippen molar-refractivity contribution in [1.82, 2.24) is 0 Å². The molecule has 0 spiro atoms. The van der Waals surface area contributed by atoms with Gasteiger partial charge in [-0.25, -0.2) is 0 Å². The molecule has 1 fully saturated rings. The fourth-order valence-electron chi connectivity index (χ4n) is 2.44. The van der Waals surface area contributed by atoms with E-state index in [1.54, 1.807) is 12.1 Å². The first kappa shape index (κ1) is 17.4. The number of carboxylic acid groups (broad SMARTS) is 1. The summed E-state index contributed by atoms with van der Waals surface area (Å²) < 4.78 is 10.9. The monoisotopic (exact) mass is 321 g/mol. The zero-order valence-electron chi connectivity index (χ0n) is 13.1. The van der Waals surface area contributed by atoms with Crippen LogP contribution >= 0.6 is 0 Å². The molecule has 1 aromatic rings. The van der Waals surface area contributed by atoms with Crippen LogP contribution in [0.3, 0.4) is 0 Å². The first-order valence-corrected chi connectivity index (χ1v) is 7.93. The van der Waals surface area contributed by atoms with Gasteiger partial charge in [-0.3, -0.25) is 9.59 Å². The molecule has 6 heteroatoms. The number of carbonyl (C=O) groups is 2. The van der Waals surface area contributed by atoms with Crippen molar-refractivity contribution >= 4 is 17.6 Å². The van der Waals surface area contributed by atoms with Crippen LogP contribution < -0.4 is 5.32 Å². The second-order valence-electron chi connectivity index (χ2n) is 5.57. The molecule has 0 bridgehead atoms. The second kappa shape index (κ2) is 9.27. The Morgan fingerprint density at radius 2 is 2.04 bits per heavy atom. The number of carboxylic acids is 1. The average Bonchev–Trinajstić information content (AvgIpc) is 2.54. The third-order valence-electron chi connectivity index (χ3n) is 3.69. The lowest BCUT2D eigenvalue weighted by molar-refractivity contribution is -0.137. The van der Waals surface area contributed by atoms with E-state index in [1.807, 2.05) is 12.1 Å². The van der Waals surface area contributed by atoms with Gasteiger partial charge in [0.2, 0.25) is 5.91 Å². The van der Waals surface area contributed by atoms with Gasteiger partial charge in [0.15, 0.2) is 0 Å². The molecule has 0 aromatic heterocycles. The Labute approximate surface area is 135 Å². The Morgan fingerprint density at radius 3 is 2.78 bits per heavy atom. The molecule has 126 valence electrons. The highest BCUT2D eigenvalue weighted by Crippen LogP contribution is 2.14. The number of aliphatic carboxylic acids is 1. The van der Waals surface area contributed by atoms with Crippen molar-refractivity contribution in [3.05, 3.63) is 29.8 Å². The highest BCUT2D eigenvalue weighted by Gasteiger charge is 2.14. The third kappa shape index (κ3) is 6.80. The molecule has 0 radical (unpaired) electrons. The molecule has 1 aliphatic heterocycles. The number of rotatable bonds is 8. The number of amides is 1. The number of anilines is 1. The van der Waals surface area contributed by atoms with E-state index in [9.17, 15) is 9.59 Å². The van der Waals surface area contributed by atoms with Crippen LogP contribution in [0, 0.1) is 0 Å². The Bertz CT molecular complexity index is 525. The van der Waals surface area contributed by atoms with Crippen molar-refractivity contribution < 1.29 is 24.2 Å². The molecule has 0 aliphatic carbocycles. The minimum Gasteiger partial charge on any atom is -0.481 e. The molecule has 0 atom stereocenters. The van der Waals surface area contributed by atoms with E-state index in [0.29, 0.717) is 25.1 Å². The van der Waals surface area contributed by atoms with E-state index < -0.39 is 5.97 Å². The van der Waals surface area contributed by atoms with Gasteiger partial charge in [0.25, 0.3) is 0 Å². The Morgan fingerprint density at radius 1 is 1.26 bits per heavy atom. The summed E-state index contributed by atoms with van der Waals surface area (Å²) >= 11 is 0. The quantitative estimate of drug-likeness (QED) is 0.767. The van der Waals surface area contributed by atoms with E-state index in [2.05, 4.69) is 5.32 Å². The van der Waals surface area contributed by atoms with Crippen LogP contribution in [0.15, 0.2) is 24.3 Å². The first-order valence-electron chi connectivity index (χ1n) is 7.93. The topological polar surface area (TPSA) is 84.9 Å². The molecule has 23 heavy (non-hydrogen) atoms. The third-order valence-corrected chi connectivity index (χ3v) is 3.69. The van der Waals surface area contributed by atoms with Gasteiger partial charge in [0, 0.05) is 25.3 Å². The van der Waals surface area contributed by atoms with Gasteiger partial charge in [-0.2, -0.15) is 0 Å². The molecule has 1 aromatic carbocycles. The van der Waals surface area contributed by atoms with Crippen LogP contribution in [0.1, 0.15) is 31.2 Å². The van der Waals surface area contributed by atoms with E-state index in [0.717, 1.165) is 31.6 Å². The van der Waals surface area contributed by atoms with Gasteiger partial charge in [-0.1, -0.05) is 12.1 Å². The Hall–Kier alpha value is -1.92. The van der Waals surface area contributed by atoms with Gasteiger partial charge in [0.1, 0.15) is 0 Å². The fourth-order valence-corrected chi connectivity index (χ4v) is 2.44. The fraction of sp³-hybridized carbons (Fsp3) is 0.529. The zero-order chi connectivity index (χ0) is 16.5. The van der Waals surface area contributed by atoms with Crippen molar-refractivity contribution in [2.45, 2.75) is 38.2 Å². The number of hydrogen-bond acceptors (Lipinski definition) is 4. The molecular weight excluding hydrogens is 298 g/mol. The van der Waals surface area contributed by atoms with Crippen molar-refractivity contribution in [3.8, 4) is 0 Å². The highest BCUT2D eigenvalue weighted by molar-refractivity contribution is 5.90. The number of carbonyl (C=O) groups excluding carboxylic acids is 1. The van der Waals surface area contributed by atoms with Crippen molar-refractivity contribution in [1.29, 1.82) is 0 Å². The minimum absolute atomic E-state index is 0.0797. The minimum atomic E-state index is -0.829. The smallest absolute Gasteiger partial charge is 0.303 e. The summed E-state index contributed by atoms with van der Waals surface area (Å²) in [7, 11) is 0. The molecule has 1 aliphatic rings. The second-order valence-corrected chi connectivity index (χ2v) is 5.57. The van der Waals surface area contributed by atoms with E-state index >= 15 is 0 Å². The summed E-state index contributed by atoms with van der Waals surface area (Å²) in [5, 5.41) is 11.5. The molecule has 2 N–H and O–H groups in total. The first-order chi connectivity index (χ1) is 11.1. The van der Waals surface area contributed by atoms with Gasteiger partial charge in [0.05, 0.1) is 19.1 Å². The predicted molar refractivity (Wildman–Crippen MR) is 85.4 cm³/mol. The molecule has 1 saturated heterocycles. The van der Waals surface area contributed by atoms with Gasteiger partial charge in [-0.05, 0) is 37.0 Å². The summed E-state index contributed by atoms with van der Waals surface area (Å²) in [6.07, 6.45) is 2.79. The number of nitrogens with one attached hydrogen (secondary N) is 1. The average molecular weight is 321 g/mol. The van der Waals surface area contributed by atoms with Gasteiger partial charge >= 0.3 is 5.97 Å². The summed E-state index contributed by atoms with van der Waals surface area (Å²) in [6, 6.07) is 7.26. The van der Waals surface area contributed by atoms with Crippen LogP contribution in [0.25, 0.3) is 0 Å². The van der Waals surface area contributed by atoms with Gasteiger partial charge in [-0.15, -0.1) is 0 Å². The SMILES string of the molecule is O=C(O)CCc1cccc(NC(=O)CCOC2CCOCC2)c1. The van der Waals surface area contributed by atoms with E-state index in [1.165, 1.54) is 0 Å². The molecule has 1 heterocycles. The van der Waals surface area contributed by atoms with Crippen LogP contribution in [0.4, 0.5) is 5.69 Å². The predicted octanol–water partition coefficient (Wildman–Crippen LogP) is 2.23. The van der Waals surface area contributed by atoms with Crippen molar-refractivity contribution in [2.75, 3.05) is 25.1 Å². The van der Waals surface area contributed by atoms with Crippen LogP contribution in [-0.2, 0) is 25.5 Å². The molecule has 0 saturated carbocycles. The Kier molecular flexibility index (Phi) is 7.03.